The summed E-state index contributed by atoms with van der Waals surface area (Å²) in [5.74, 6) is -4.28. The molecule has 104 valence electrons. The molecule has 0 aliphatic carbocycles. The minimum absolute atomic E-state index is 0.255. The van der Waals surface area contributed by atoms with Gasteiger partial charge in [-0.2, -0.15) is 0 Å². The van der Waals surface area contributed by atoms with Gasteiger partial charge in [-0.1, -0.05) is 11.6 Å². The first-order valence-corrected chi connectivity index (χ1v) is 6.96. The van der Waals surface area contributed by atoms with E-state index in [9.17, 15) is 18.0 Å². The Kier molecular flexibility index (Phi) is 4.70. The maximum Gasteiger partial charge on any atom is 0.173 e. The first kappa shape index (κ1) is 15.3. The fraction of sp³-hybridized carbons (Fsp3) is 0.0714. The van der Waals surface area contributed by atoms with E-state index in [1.807, 2.05) is 22.6 Å². The average molecular weight is 411 g/mol. The van der Waals surface area contributed by atoms with E-state index >= 15 is 0 Å². The molecule has 0 N–H and O–H groups in total. The molecule has 0 heterocycles. The molecule has 0 atom stereocenters. The Morgan fingerprint density at radius 2 is 1.70 bits per heavy atom. The number of benzene rings is 2. The fourth-order valence-corrected chi connectivity index (χ4v) is 2.49. The molecule has 20 heavy (non-hydrogen) atoms. The standard InChI is InChI=1S/C14H7ClF3IO/c15-10-2-1-9(19)3-7(10)4-13(20)14-11(17)5-8(16)6-12(14)18/h1-3,5-6H,4H2. The van der Waals surface area contributed by atoms with E-state index in [1.165, 1.54) is 0 Å². The van der Waals surface area contributed by atoms with Crippen LogP contribution in [0.3, 0.4) is 0 Å². The van der Waals surface area contributed by atoms with Crippen LogP contribution in [0.15, 0.2) is 30.3 Å². The lowest BCUT2D eigenvalue weighted by Gasteiger charge is -2.07. The predicted molar refractivity (Wildman–Crippen MR) is 78.5 cm³/mol. The second-order valence-corrected chi connectivity index (χ2v) is 5.73. The zero-order chi connectivity index (χ0) is 14.9. The molecule has 6 heteroatoms. The van der Waals surface area contributed by atoms with E-state index in [0.717, 1.165) is 3.57 Å². The van der Waals surface area contributed by atoms with E-state index in [1.54, 1.807) is 18.2 Å². The third kappa shape index (κ3) is 3.32. The lowest BCUT2D eigenvalue weighted by molar-refractivity contribution is 0.0984. The molecule has 0 aliphatic rings. The third-order valence-electron chi connectivity index (χ3n) is 2.64. The van der Waals surface area contributed by atoms with Crippen molar-refractivity contribution in [1.29, 1.82) is 0 Å². The lowest BCUT2D eigenvalue weighted by Crippen LogP contribution is -2.10. The number of rotatable bonds is 3. The summed E-state index contributed by atoms with van der Waals surface area (Å²) in [6.07, 6.45) is -0.255. The Morgan fingerprint density at radius 1 is 1.10 bits per heavy atom. The summed E-state index contributed by atoms with van der Waals surface area (Å²) >= 11 is 7.96. The smallest absolute Gasteiger partial charge is 0.173 e. The fourth-order valence-electron chi connectivity index (χ4n) is 1.75. The first-order chi connectivity index (χ1) is 9.38. The number of hydrogen-bond donors (Lipinski definition) is 0. The van der Waals surface area contributed by atoms with Crippen molar-refractivity contribution in [2.45, 2.75) is 6.42 Å². The van der Waals surface area contributed by atoms with Crippen molar-refractivity contribution >= 4 is 40.0 Å². The highest BCUT2D eigenvalue weighted by Crippen LogP contribution is 2.22. The monoisotopic (exact) mass is 410 g/mol. The van der Waals surface area contributed by atoms with Crippen LogP contribution in [0, 0.1) is 21.0 Å². The van der Waals surface area contributed by atoms with E-state index in [2.05, 4.69) is 0 Å². The van der Waals surface area contributed by atoms with Crippen LogP contribution in [0.1, 0.15) is 15.9 Å². The van der Waals surface area contributed by atoms with Crippen molar-refractivity contribution in [3.63, 3.8) is 0 Å². The van der Waals surface area contributed by atoms with E-state index in [-0.39, 0.29) is 6.42 Å². The van der Waals surface area contributed by atoms with Crippen LogP contribution >= 0.6 is 34.2 Å². The van der Waals surface area contributed by atoms with Crippen molar-refractivity contribution in [3.8, 4) is 0 Å². The van der Waals surface area contributed by atoms with Crippen LogP contribution in [-0.4, -0.2) is 5.78 Å². The second-order valence-electron chi connectivity index (χ2n) is 4.08. The minimum atomic E-state index is -1.21. The largest absolute Gasteiger partial charge is 0.294 e. The molecular weight excluding hydrogens is 404 g/mol. The summed E-state index contributed by atoms with van der Waals surface area (Å²) in [6.45, 7) is 0. The maximum absolute atomic E-state index is 13.5. The number of halogens is 5. The van der Waals surface area contributed by atoms with Crippen LogP contribution in [0.25, 0.3) is 0 Å². The molecule has 0 saturated heterocycles. The molecule has 2 aromatic carbocycles. The van der Waals surface area contributed by atoms with Gasteiger partial charge in [-0.05, 0) is 46.4 Å². The van der Waals surface area contributed by atoms with Gasteiger partial charge in [0.05, 0.1) is 5.56 Å². The number of carbonyl (C=O) groups excluding carboxylic acids is 1. The summed E-state index contributed by atoms with van der Waals surface area (Å²) in [6, 6.07) is 5.96. The highest BCUT2D eigenvalue weighted by atomic mass is 127. The summed E-state index contributed by atoms with van der Waals surface area (Å²) in [5.41, 5.74) is -0.284. The van der Waals surface area contributed by atoms with Crippen molar-refractivity contribution in [2.75, 3.05) is 0 Å². The van der Waals surface area contributed by atoms with Crippen molar-refractivity contribution in [3.05, 3.63) is 67.5 Å². The zero-order valence-corrected chi connectivity index (χ0v) is 12.8. The quantitative estimate of drug-likeness (QED) is 0.525. The summed E-state index contributed by atoms with van der Waals surface area (Å²) in [5, 5.41) is 0.335. The zero-order valence-electron chi connectivity index (χ0n) is 9.89. The van der Waals surface area contributed by atoms with Gasteiger partial charge in [0, 0.05) is 27.1 Å². The van der Waals surface area contributed by atoms with Crippen LogP contribution in [0.2, 0.25) is 5.02 Å². The SMILES string of the molecule is O=C(Cc1cc(I)ccc1Cl)c1c(F)cc(F)cc1F. The molecule has 0 saturated carbocycles. The van der Waals surface area contributed by atoms with E-state index < -0.39 is 28.8 Å². The Bertz CT molecular complexity index is 665. The molecule has 2 aromatic rings. The minimum Gasteiger partial charge on any atom is -0.294 e. The van der Waals surface area contributed by atoms with Gasteiger partial charge in [0.25, 0.3) is 0 Å². The molecule has 0 spiro atoms. The number of hydrogen-bond acceptors (Lipinski definition) is 1. The number of ketones is 1. The Hall–Kier alpha value is -1.08. The lowest BCUT2D eigenvalue weighted by atomic mass is 10.0. The van der Waals surface area contributed by atoms with Gasteiger partial charge in [-0.15, -0.1) is 0 Å². The Morgan fingerprint density at radius 3 is 2.30 bits per heavy atom. The molecule has 0 fully saturated rings. The molecule has 0 aromatic heterocycles. The van der Waals surface area contributed by atoms with Gasteiger partial charge in [0.2, 0.25) is 0 Å². The molecule has 0 aliphatic heterocycles. The molecule has 0 amide bonds. The van der Waals surface area contributed by atoms with Crippen LogP contribution in [0.4, 0.5) is 13.2 Å². The van der Waals surface area contributed by atoms with Crippen LogP contribution < -0.4 is 0 Å². The normalized spacial score (nSPS) is 10.7. The van der Waals surface area contributed by atoms with Crippen molar-refractivity contribution < 1.29 is 18.0 Å². The topological polar surface area (TPSA) is 17.1 Å². The molecule has 0 radical (unpaired) electrons. The van der Waals surface area contributed by atoms with Crippen molar-refractivity contribution in [2.24, 2.45) is 0 Å². The van der Waals surface area contributed by atoms with Crippen LogP contribution in [0.5, 0.6) is 0 Å². The summed E-state index contributed by atoms with van der Waals surface area (Å²) in [7, 11) is 0. The predicted octanol–water partition coefficient (Wildman–Crippen LogP) is 4.79. The summed E-state index contributed by atoms with van der Waals surface area (Å²) < 4.78 is 40.7. The number of Topliss-reactive ketones (excluding diaryl/α,β-unsaturated/α-hetero) is 1. The molecule has 0 bridgehead atoms. The molecule has 2 rings (SSSR count). The molecular formula is C14H7ClF3IO. The van der Waals surface area contributed by atoms with Crippen LogP contribution in [-0.2, 0) is 6.42 Å². The van der Waals surface area contributed by atoms with Gasteiger partial charge in [0.1, 0.15) is 17.5 Å². The number of carbonyl (C=O) groups is 1. The Labute approximate surface area is 131 Å². The van der Waals surface area contributed by atoms with Gasteiger partial charge >= 0.3 is 0 Å². The summed E-state index contributed by atoms with van der Waals surface area (Å²) in [4.78, 5) is 12.0. The van der Waals surface area contributed by atoms with Gasteiger partial charge in [-0.25, -0.2) is 13.2 Å². The highest BCUT2D eigenvalue weighted by molar-refractivity contribution is 14.1. The van der Waals surface area contributed by atoms with E-state index in [0.29, 0.717) is 22.7 Å². The highest BCUT2D eigenvalue weighted by Gasteiger charge is 2.20. The Balaban J connectivity index is 2.36. The van der Waals surface area contributed by atoms with Gasteiger partial charge < -0.3 is 0 Å². The van der Waals surface area contributed by atoms with Crippen molar-refractivity contribution in [1.82, 2.24) is 0 Å². The second kappa shape index (κ2) is 6.13. The maximum atomic E-state index is 13.5. The van der Waals surface area contributed by atoms with Gasteiger partial charge in [0.15, 0.2) is 5.78 Å². The third-order valence-corrected chi connectivity index (χ3v) is 3.68. The molecule has 0 unspecified atom stereocenters. The molecule has 1 nitrogen and oxygen atoms in total. The average Bonchev–Trinajstić information content (AvgIpc) is 2.32. The van der Waals surface area contributed by atoms with E-state index in [4.69, 9.17) is 11.6 Å². The van der Waals surface area contributed by atoms with Gasteiger partial charge in [-0.3, -0.25) is 4.79 Å². The first-order valence-electron chi connectivity index (χ1n) is 5.50.